The van der Waals surface area contributed by atoms with Gasteiger partial charge in [0.2, 0.25) is 0 Å². The number of ketones is 2. The molecule has 5 nitrogen and oxygen atoms in total. The third-order valence-electron chi connectivity index (χ3n) is 2.13. The zero-order chi connectivity index (χ0) is 16.9. The molecule has 0 aromatic heterocycles. The molecule has 0 spiro atoms. The first-order chi connectivity index (χ1) is 10.1. The molecule has 1 rings (SSSR count). The third-order valence-corrected chi connectivity index (χ3v) is 2.35. The number of esters is 1. The predicted molar refractivity (Wildman–Crippen MR) is 68.4 cm³/mol. The van der Waals surface area contributed by atoms with Crippen LogP contribution in [-0.2, 0) is 14.3 Å². The summed E-state index contributed by atoms with van der Waals surface area (Å²) in [6.07, 6.45) is -4.56. The predicted octanol–water partition coefficient (Wildman–Crippen LogP) is -0.238. The fourth-order valence-electron chi connectivity index (χ4n) is 1.36. The zero-order valence-corrected chi connectivity index (χ0v) is 15.9. The molecule has 0 N–H and O–H groups in total. The van der Waals surface area contributed by atoms with Crippen molar-refractivity contribution in [3.8, 4) is 5.75 Å². The van der Waals surface area contributed by atoms with Crippen molar-refractivity contribution in [2.24, 2.45) is 0 Å². The number of ether oxygens (including phenoxy) is 2. The molecule has 0 aliphatic carbocycles. The van der Waals surface area contributed by atoms with Gasteiger partial charge in [-0.25, -0.2) is 0 Å². The summed E-state index contributed by atoms with van der Waals surface area (Å²) in [6, 6.07) is 2.62. The van der Waals surface area contributed by atoms with Crippen LogP contribution in [0.3, 0.4) is 0 Å². The minimum Gasteiger partial charge on any atom is -0.517 e. The van der Waals surface area contributed by atoms with Gasteiger partial charge >= 0.3 is 57.7 Å². The second-order valence-corrected chi connectivity index (χ2v) is 4.25. The van der Waals surface area contributed by atoms with Gasteiger partial charge in [-0.1, -0.05) is 35.7 Å². The van der Waals surface area contributed by atoms with Gasteiger partial charge in [-0.3, -0.25) is 0 Å². The molecular weight excluding hydrogens is 368 g/mol. The molecule has 0 saturated heterocycles. The molecule has 0 unspecified atom stereocenters. The van der Waals surface area contributed by atoms with E-state index in [2.05, 4.69) is 9.47 Å². The molecular formula is C13H9ClF3KO5. The van der Waals surface area contributed by atoms with Crippen molar-refractivity contribution in [2.75, 3.05) is 6.61 Å². The van der Waals surface area contributed by atoms with Gasteiger partial charge in [-0.2, -0.15) is 0 Å². The van der Waals surface area contributed by atoms with Crippen LogP contribution in [0.15, 0.2) is 18.2 Å². The number of Topliss-reactive ketones (excluding diaryl/α,β-unsaturated/α-hetero) is 2. The average molecular weight is 377 g/mol. The van der Waals surface area contributed by atoms with Crippen molar-refractivity contribution >= 4 is 29.1 Å². The van der Waals surface area contributed by atoms with Crippen molar-refractivity contribution in [2.45, 2.75) is 13.3 Å². The van der Waals surface area contributed by atoms with E-state index in [1.807, 2.05) is 0 Å². The fourth-order valence-corrected chi connectivity index (χ4v) is 1.59. The molecule has 1 aromatic rings. The third kappa shape index (κ3) is 8.18. The second kappa shape index (κ2) is 9.65. The van der Waals surface area contributed by atoms with Crippen LogP contribution in [0.1, 0.15) is 17.3 Å². The molecule has 0 amide bonds. The van der Waals surface area contributed by atoms with E-state index in [4.69, 9.17) is 11.6 Å². The van der Waals surface area contributed by atoms with Crippen LogP contribution >= 0.6 is 11.6 Å². The second-order valence-electron chi connectivity index (χ2n) is 3.82. The summed E-state index contributed by atoms with van der Waals surface area (Å²) in [4.78, 5) is 34.2. The van der Waals surface area contributed by atoms with Gasteiger partial charge in [0.1, 0.15) is 5.75 Å². The standard InChI is InChI=1S/C13H9ClF3O5.K/c1-2-21-12(20)11(19)6-10(18)7-3-8(14)5-9(4-7)22-13(15,16)17;/h3-6H,2H2,1H3;/q-1;+1. The van der Waals surface area contributed by atoms with E-state index in [1.165, 1.54) is 6.92 Å². The normalized spacial score (nSPS) is 10.3. The van der Waals surface area contributed by atoms with Gasteiger partial charge in [0, 0.05) is 5.02 Å². The first-order valence-corrected chi connectivity index (χ1v) is 6.16. The minimum absolute atomic E-state index is 0. The zero-order valence-electron chi connectivity index (χ0n) is 12.1. The van der Waals surface area contributed by atoms with E-state index < -0.39 is 29.6 Å². The van der Waals surface area contributed by atoms with Crippen molar-refractivity contribution in [3.05, 3.63) is 35.2 Å². The summed E-state index contributed by atoms with van der Waals surface area (Å²) >= 11 is 5.58. The van der Waals surface area contributed by atoms with Crippen molar-refractivity contribution in [1.82, 2.24) is 0 Å². The Morgan fingerprint density at radius 2 is 1.83 bits per heavy atom. The largest absolute Gasteiger partial charge is 1.00 e. The molecule has 0 aliphatic heterocycles. The minimum atomic E-state index is -4.96. The first kappa shape index (κ1) is 22.4. The van der Waals surface area contributed by atoms with Gasteiger partial charge in [0.05, 0.1) is 12.4 Å². The van der Waals surface area contributed by atoms with Crippen molar-refractivity contribution < 1.29 is 88.4 Å². The molecule has 1 aromatic carbocycles. The van der Waals surface area contributed by atoms with Gasteiger partial charge in [-0.05, 0) is 13.0 Å². The summed E-state index contributed by atoms with van der Waals surface area (Å²) in [5.74, 6) is -4.21. The number of alkyl halides is 3. The summed E-state index contributed by atoms with van der Waals surface area (Å²) in [5, 5.41) is -0.206. The fraction of sp³-hybridized carbons (Fsp3) is 0.231. The Morgan fingerprint density at radius 3 is 2.35 bits per heavy atom. The molecule has 0 atom stereocenters. The Kier molecular flexibility index (Phi) is 9.40. The molecule has 0 radical (unpaired) electrons. The van der Waals surface area contributed by atoms with Crippen LogP contribution in [0.2, 0.25) is 5.02 Å². The maximum Gasteiger partial charge on any atom is 1.00 e. The smallest absolute Gasteiger partial charge is 0.517 e. The van der Waals surface area contributed by atoms with Crippen LogP contribution in [0.25, 0.3) is 0 Å². The Hall–Kier alpha value is -0.584. The number of carbonyl (C=O) groups is 3. The van der Waals surface area contributed by atoms with E-state index >= 15 is 0 Å². The molecule has 0 fully saturated rings. The van der Waals surface area contributed by atoms with Gasteiger partial charge < -0.3 is 23.9 Å². The van der Waals surface area contributed by atoms with Crippen molar-refractivity contribution in [3.63, 3.8) is 0 Å². The summed E-state index contributed by atoms with van der Waals surface area (Å²) in [5.41, 5.74) is -0.343. The SMILES string of the molecule is CCOC(=O)C(=O)[CH-]C(=O)c1cc(Cl)cc(OC(F)(F)F)c1.[K+]. The van der Waals surface area contributed by atoms with E-state index in [0.29, 0.717) is 6.42 Å². The Bertz CT molecular complexity index is 604. The molecule has 0 bridgehead atoms. The topological polar surface area (TPSA) is 69.7 Å². The summed E-state index contributed by atoms with van der Waals surface area (Å²) < 4.78 is 44.4. The van der Waals surface area contributed by atoms with Crippen LogP contribution < -0.4 is 56.1 Å². The van der Waals surface area contributed by atoms with Crippen LogP contribution in [0, 0.1) is 6.42 Å². The van der Waals surface area contributed by atoms with Gasteiger partial charge in [-0.15, -0.1) is 13.2 Å². The van der Waals surface area contributed by atoms with E-state index in [9.17, 15) is 27.6 Å². The van der Waals surface area contributed by atoms with E-state index in [-0.39, 0.29) is 68.6 Å². The molecule has 23 heavy (non-hydrogen) atoms. The molecule has 120 valence electrons. The molecule has 0 aliphatic rings. The van der Waals surface area contributed by atoms with E-state index in [0.717, 1.165) is 18.2 Å². The Labute approximate surface area is 176 Å². The average Bonchev–Trinajstić information content (AvgIpc) is 2.35. The molecule has 0 heterocycles. The van der Waals surface area contributed by atoms with Gasteiger partial charge in [0.15, 0.2) is 5.78 Å². The Balaban J connectivity index is 0.00000484. The molecule has 10 heteroatoms. The summed E-state index contributed by atoms with van der Waals surface area (Å²) in [7, 11) is 0. The maximum absolute atomic E-state index is 12.1. The van der Waals surface area contributed by atoms with Crippen LogP contribution in [-0.4, -0.2) is 30.5 Å². The number of hydrogen-bond acceptors (Lipinski definition) is 5. The number of rotatable bonds is 6. The number of benzene rings is 1. The monoisotopic (exact) mass is 376 g/mol. The summed E-state index contributed by atoms with van der Waals surface area (Å²) in [6.45, 7) is 1.40. The number of hydrogen-bond donors (Lipinski definition) is 0. The maximum atomic E-state index is 12.1. The molecule has 0 saturated carbocycles. The van der Waals surface area contributed by atoms with Crippen LogP contribution in [0.4, 0.5) is 13.2 Å². The quantitative estimate of drug-likeness (QED) is 0.171. The van der Waals surface area contributed by atoms with Crippen LogP contribution in [0.5, 0.6) is 5.75 Å². The van der Waals surface area contributed by atoms with Gasteiger partial charge in [0.25, 0.3) is 5.97 Å². The number of carbonyl (C=O) groups excluding carboxylic acids is 3. The van der Waals surface area contributed by atoms with Crippen molar-refractivity contribution in [1.29, 1.82) is 0 Å². The van der Waals surface area contributed by atoms with E-state index in [1.54, 1.807) is 0 Å². The first-order valence-electron chi connectivity index (χ1n) is 5.79. The number of halogens is 4. The Morgan fingerprint density at radius 1 is 1.22 bits per heavy atom.